The second-order valence-corrected chi connectivity index (χ2v) is 4.81. The molecule has 0 saturated carbocycles. The summed E-state index contributed by atoms with van der Waals surface area (Å²) in [7, 11) is 0. The van der Waals surface area contributed by atoms with Gasteiger partial charge >= 0.3 is 0 Å². The molecule has 2 N–H and O–H groups in total. The first kappa shape index (κ1) is 13.1. The zero-order chi connectivity index (χ0) is 12.8. The Kier molecular flexibility index (Phi) is 4.75. The van der Waals surface area contributed by atoms with Crippen LogP contribution in [0.25, 0.3) is 0 Å². The number of aromatic nitrogens is 2. The highest BCUT2D eigenvalue weighted by molar-refractivity contribution is 5.48. The van der Waals surface area contributed by atoms with Crippen molar-refractivity contribution in [2.45, 2.75) is 32.7 Å². The van der Waals surface area contributed by atoms with Crippen molar-refractivity contribution in [3.05, 3.63) is 12.4 Å². The van der Waals surface area contributed by atoms with Crippen LogP contribution in [0.2, 0.25) is 0 Å². The number of anilines is 2. The number of nitrogens with zero attached hydrogens (tertiary/aromatic N) is 3. The lowest BCUT2D eigenvalue weighted by molar-refractivity contribution is 0.724. The van der Waals surface area contributed by atoms with Crippen LogP contribution >= 0.6 is 0 Å². The minimum atomic E-state index is 0.443. The van der Waals surface area contributed by atoms with E-state index in [-0.39, 0.29) is 0 Å². The average Bonchev–Trinajstić information content (AvgIpc) is 2.68. The molecule has 2 rings (SSSR count). The third-order valence-electron chi connectivity index (χ3n) is 3.32. The van der Waals surface area contributed by atoms with E-state index >= 15 is 0 Å². The van der Waals surface area contributed by atoms with Gasteiger partial charge in [0.25, 0.3) is 0 Å². The Balaban J connectivity index is 2.05. The maximum atomic E-state index is 4.38. The molecular weight excluding hydrogens is 226 g/mol. The van der Waals surface area contributed by atoms with Gasteiger partial charge in [0.1, 0.15) is 18.0 Å². The third kappa shape index (κ3) is 3.57. The van der Waals surface area contributed by atoms with Crippen LogP contribution in [-0.2, 0) is 0 Å². The second-order valence-electron chi connectivity index (χ2n) is 4.81. The predicted octanol–water partition coefficient (Wildman–Crippen LogP) is 1.49. The van der Waals surface area contributed by atoms with Crippen molar-refractivity contribution in [1.82, 2.24) is 15.3 Å². The molecule has 1 aliphatic rings. The number of nitrogens with one attached hydrogen (secondary N) is 2. The van der Waals surface area contributed by atoms with Crippen LogP contribution in [-0.4, -0.2) is 42.2 Å². The number of hydrogen-bond acceptors (Lipinski definition) is 5. The summed E-state index contributed by atoms with van der Waals surface area (Å²) >= 11 is 0. The van der Waals surface area contributed by atoms with E-state index in [4.69, 9.17) is 0 Å². The van der Waals surface area contributed by atoms with E-state index in [1.807, 2.05) is 0 Å². The highest BCUT2D eigenvalue weighted by Crippen LogP contribution is 2.15. The van der Waals surface area contributed by atoms with Crippen molar-refractivity contribution >= 4 is 11.6 Å². The second kappa shape index (κ2) is 6.54. The molecule has 0 amide bonds. The van der Waals surface area contributed by atoms with Crippen LogP contribution in [0.4, 0.5) is 11.6 Å². The Bertz CT molecular complexity index is 360. The van der Waals surface area contributed by atoms with Crippen molar-refractivity contribution in [3.63, 3.8) is 0 Å². The van der Waals surface area contributed by atoms with Gasteiger partial charge in [-0.25, -0.2) is 9.97 Å². The van der Waals surface area contributed by atoms with Crippen LogP contribution in [0.5, 0.6) is 0 Å². The van der Waals surface area contributed by atoms with E-state index in [0.717, 1.165) is 50.7 Å². The van der Waals surface area contributed by atoms with E-state index in [0.29, 0.717) is 6.04 Å². The zero-order valence-electron chi connectivity index (χ0n) is 11.3. The summed E-state index contributed by atoms with van der Waals surface area (Å²) < 4.78 is 0. The van der Waals surface area contributed by atoms with E-state index in [9.17, 15) is 0 Å². The maximum Gasteiger partial charge on any atom is 0.134 e. The molecule has 0 aliphatic carbocycles. The van der Waals surface area contributed by atoms with Crippen molar-refractivity contribution in [3.8, 4) is 0 Å². The first-order chi connectivity index (χ1) is 8.79. The van der Waals surface area contributed by atoms with Gasteiger partial charge in [0, 0.05) is 31.7 Å². The Morgan fingerprint density at radius 3 is 3.11 bits per heavy atom. The van der Waals surface area contributed by atoms with Gasteiger partial charge in [-0.05, 0) is 26.3 Å². The normalized spacial score (nSPS) is 18.2. The lowest BCUT2D eigenvalue weighted by Crippen LogP contribution is -2.28. The summed E-state index contributed by atoms with van der Waals surface area (Å²) in [6.45, 7) is 8.53. The zero-order valence-corrected chi connectivity index (χ0v) is 11.3. The minimum Gasteiger partial charge on any atom is -0.367 e. The van der Waals surface area contributed by atoms with E-state index in [1.165, 1.54) is 0 Å². The molecule has 1 saturated heterocycles. The molecule has 1 aromatic rings. The van der Waals surface area contributed by atoms with Crippen LogP contribution in [0.15, 0.2) is 12.4 Å². The van der Waals surface area contributed by atoms with Gasteiger partial charge < -0.3 is 15.5 Å². The Morgan fingerprint density at radius 2 is 2.28 bits per heavy atom. The monoisotopic (exact) mass is 249 g/mol. The first-order valence-electron chi connectivity index (χ1n) is 6.84. The molecule has 18 heavy (non-hydrogen) atoms. The van der Waals surface area contributed by atoms with Gasteiger partial charge in [0.2, 0.25) is 0 Å². The fourth-order valence-corrected chi connectivity index (χ4v) is 2.03. The molecular formula is C13H23N5. The summed E-state index contributed by atoms with van der Waals surface area (Å²) in [5.41, 5.74) is 0. The number of rotatable bonds is 4. The topological polar surface area (TPSA) is 53.1 Å². The Hall–Kier alpha value is -1.36. The molecule has 5 heteroatoms. The maximum absolute atomic E-state index is 4.38. The molecule has 2 heterocycles. The number of hydrogen-bond donors (Lipinski definition) is 2. The largest absolute Gasteiger partial charge is 0.367 e. The molecule has 1 aliphatic heterocycles. The van der Waals surface area contributed by atoms with Crippen molar-refractivity contribution in [2.24, 2.45) is 0 Å². The Morgan fingerprint density at radius 1 is 1.39 bits per heavy atom. The summed E-state index contributed by atoms with van der Waals surface area (Å²) in [5, 5.41) is 6.80. The molecule has 1 aromatic heterocycles. The first-order valence-corrected chi connectivity index (χ1v) is 6.84. The quantitative estimate of drug-likeness (QED) is 0.846. The van der Waals surface area contributed by atoms with Crippen LogP contribution in [0, 0.1) is 0 Å². The minimum absolute atomic E-state index is 0.443. The fourth-order valence-electron chi connectivity index (χ4n) is 2.03. The van der Waals surface area contributed by atoms with Gasteiger partial charge in [-0.1, -0.05) is 6.92 Å². The fraction of sp³-hybridized carbons (Fsp3) is 0.692. The van der Waals surface area contributed by atoms with Gasteiger partial charge in [0.05, 0.1) is 0 Å². The molecule has 0 aromatic carbocycles. The van der Waals surface area contributed by atoms with Crippen molar-refractivity contribution in [2.75, 3.05) is 36.4 Å². The van der Waals surface area contributed by atoms with E-state index < -0.39 is 0 Å². The third-order valence-corrected chi connectivity index (χ3v) is 3.32. The summed E-state index contributed by atoms with van der Waals surface area (Å²) in [4.78, 5) is 11.0. The molecule has 1 atom stereocenters. The smallest absolute Gasteiger partial charge is 0.134 e. The van der Waals surface area contributed by atoms with Crippen LogP contribution in [0.1, 0.15) is 26.7 Å². The van der Waals surface area contributed by atoms with Crippen molar-refractivity contribution < 1.29 is 0 Å². The average molecular weight is 249 g/mol. The van der Waals surface area contributed by atoms with Gasteiger partial charge in [-0.2, -0.15) is 0 Å². The van der Waals surface area contributed by atoms with Crippen LogP contribution < -0.4 is 15.5 Å². The van der Waals surface area contributed by atoms with Gasteiger partial charge in [-0.3, -0.25) is 0 Å². The molecule has 5 nitrogen and oxygen atoms in total. The molecule has 1 unspecified atom stereocenters. The summed E-state index contributed by atoms with van der Waals surface area (Å²) in [5.74, 6) is 1.95. The van der Waals surface area contributed by atoms with E-state index in [1.54, 1.807) is 6.33 Å². The van der Waals surface area contributed by atoms with Gasteiger partial charge in [-0.15, -0.1) is 0 Å². The Labute approximate surface area is 109 Å². The molecule has 0 spiro atoms. The highest BCUT2D eigenvalue weighted by Gasteiger charge is 2.11. The molecule has 100 valence electrons. The standard InChI is InChI=1S/C13H23N5/c1-3-11(2)17-12-9-13(16-10-15-12)18-7-4-5-14-6-8-18/h9-11,14H,3-8H2,1-2H3,(H,15,16,17). The molecule has 1 fully saturated rings. The lowest BCUT2D eigenvalue weighted by atomic mass is 10.2. The lowest BCUT2D eigenvalue weighted by Gasteiger charge is -2.21. The predicted molar refractivity (Wildman–Crippen MR) is 75.1 cm³/mol. The van der Waals surface area contributed by atoms with Gasteiger partial charge in [0.15, 0.2) is 0 Å². The summed E-state index contributed by atoms with van der Waals surface area (Å²) in [6, 6.07) is 2.50. The highest BCUT2D eigenvalue weighted by atomic mass is 15.2. The molecule has 0 radical (unpaired) electrons. The SMILES string of the molecule is CCC(C)Nc1cc(N2CCCNCC2)ncn1. The summed E-state index contributed by atoms with van der Waals surface area (Å²) in [6.07, 6.45) is 3.91. The van der Waals surface area contributed by atoms with Crippen molar-refractivity contribution in [1.29, 1.82) is 0 Å². The molecule has 0 bridgehead atoms. The van der Waals surface area contributed by atoms with Crippen LogP contribution in [0.3, 0.4) is 0 Å². The van der Waals surface area contributed by atoms with E-state index in [2.05, 4.69) is 45.4 Å².